The summed E-state index contributed by atoms with van der Waals surface area (Å²) in [5.41, 5.74) is -0.760. The van der Waals surface area contributed by atoms with Gasteiger partial charge in [0, 0.05) is 6.04 Å². The third kappa shape index (κ3) is 2.49. The van der Waals surface area contributed by atoms with Crippen molar-refractivity contribution in [2.45, 2.75) is 77.4 Å². The van der Waals surface area contributed by atoms with Gasteiger partial charge in [-0.15, -0.1) is 0 Å². The predicted molar refractivity (Wildman–Crippen MR) is 74.6 cm³/mol. The zero-order chi connectivity index (χ0) is 14.2. The van der Waals surface area contributed by atoms with Gasteiger partial charge >= 0.3 is 0 Å². The predicted octanol–water partition coefficient (Wildman–Crippen LogP) is 2.08. The largest absolute Gasteiger partial charge is 0.340 e. The maximum Gasteiger partial charge on any atom is 0.248 e. The summed E-state index contributed by atoms with van der Waals surface area (Å²) in [4.78, 5) is 27.1. The van der Waals surface area contributed by atoms with Crippen molar-refractivity contribution in [1.82, 2.24) is 10.2 Å². The van der Waals surface area contributed by atoms with Crippen LogP contribution in [0.15, 0.2) is 0 Å². The summed E-state index contributed by atoms with van der Waals surface area (Å²) in [6.45, 7) is 7.76. The Labute approximate surface area is 115 Å². The molecule has 0 aromatic carbocycles. The first-order valence-electron chi connectivity index (χ1n) is 7.53. The Kier molecular flexibility index (Phi) is 3.88. The lowest BCUT2D eigenvalue weighted by Crippen LogP contribution is -2.71. The van der Waals surface area contributed by atoms with Gasteiger partial charge in [0.1, 0.15) is 11.6 Å². The Morgan fingerprint density at radius 2 is 1.89 bits per heavy atom. The highest BCUT2D eigenvalue weighted by Gasteiger charge is 2.49. The molecule has 1 aliphatic carbocycles. The zero-order valence-corrected chi connectivity index (χ0v) is 12.5. The van der Waals surface area contributed by atoms with Crippen LogP contribution in [0.4, 0.5) is 0 Å². The van der Waals surface area contributed by atoms with Crippen molar-refractivity contribution < 1.29 is 9.59 Å². The van der Waals surface area contributed by atoms with E-state index in [1.165, 1.54) is 12.8 Å². The molecular formula is C15H26N2O2. The van der Waals surface area contributed by atoms with E-state index in [0.29, 0.717) is 0 Å². The van der Waals surface area contributed by atoms with Crippen molar-refractivity contribution >= 4 is 11.8 Å². The van der Waals surface area contributed by atoms with Gasteiger partial charge in [0.2, 0.25) is 11.8 Å². The van der Waals surface area contributed by atoms with Crippen LogP contribution in [0.1, 0.15) is 59.8 Å². The molecule has 0 bridgehead atoms. The number of nitrogens with zero attached hydrogens (tertiary/aromatic N) is 1. The van der Waals surface area contributed by atoms with Crippen molar-refractivity contribution in [3.05, 3.63) is 0 Å². The molecule has 0 radical (unpaired) electrons. The van der Waals surface area contributed by atoms with E-state index in [1.807, 2.05) is 18.7 Å². The van der Waals surface area contributed by atoms with Gasteiger partial charge in [0.25, 0.3) is 0 Å². The van der Waals surface area contributed by atoms with Crippen LogP contribution in [0.5, 0.6) is 0 Å². The molecule has 2 aliphatic rings. The summed E-state index contributed by atoms with van der Waals surface area (Å²) < 4.78 is 0. The fourth-order valence-corrected chi connectivity index (χ4v) is 3.34. The number of hydrogen-bond acceptors (Lipinski definition) is 2. The fraction of sp³-hybridized carbons (Fsp3) is 0.867. The molecule has 2 atom stereocenters. The van der Waals surface area contributed by atoms with E-state index >= 15 is 0 Å². The van der Waals surface area contributed by atoms with E-state index in [-0.39, 0.29) is 29.8 Å². The van der Waals surface area contributed by atoms with Gasteiger partial charge in [-0.1, -0.05) is 33.1 Å². The van der Waals surface area contributed by atoms with Crippen LogP contribution >= 0.6 is 0 Å². The van der Waals surface area contributed by atoms with Gasteiger partial charge in [0.05, 0.1) is 0 Å². The van der Waals surface area contributed by atoms with Gasteiger partial charge in [-0.05, 0) is 32.6 Å². The molecule has 1 N–H and O–H groups in total. The number of carbonyl (C=O) groups excluding carboxylic acids is 2. The Bertz CT molecular complexity index is 372. The topological polar surface area (TPSA) is 49.4 Å². The number of piperazine rings is 1. The van der Waals surface area contributed by atoms with E-state index in [2.05, 4.69) is 19.2 Å². The van der Waals surface area contributed by atoms with Gasteiger partial charge in [-0.25, -0.2) is 0 Å². The van der Waals surface area contributed by atoms with Crippen LogP contribution in [-0.2, 0) is 9.59 Å². The maximum absolute atomic E-state index is 12.7. The average Bonchev–Trinajstić information content (AvgIpc) is 2.85. The van der Waals surface area contributed by atoms with Crippen LogP contribution in [0.3, 0.4) is 0 Å². The molecule has 0 spiro atoms. The summed E-state index contributed by atoms with van der Waals surface area (Å²) in [7, 11) is 0. The van der Waals surface area contributed by atoms with Gasteiger partial charge < -0.3 is 10.2 Å². The van der Waals surface area contributed by atoms with Gasteiger partial charge in [-0.2, -0.15) is 0 Å². The number of rotatable bonds is 3. The summed E-state index contributed by atoms with van der Waals surface area (Å²) >= 11 is 0. The number of amides is 2. The highest BCUT2D eigenvalue weighted by atomic mass is 16.2. The van der Waals surface area contributed by atoms with Crippen LogP contribution in [0, 0.1) is 5.92 Å². The van der Waals surface area contributed by atoms with Crippen molar-refractivity contribution in [1.29, 1.82) is 0 Å². The van der Waals surface area contributed by atoms with Crippen LogP contribution in [-0.4, -0.2) is 34.3 Å². The number of hydrogen-bond donors (Lipinski definition) is 1. The minimum Gasteiger partial charge on any atom is -0.340 e. The minimum atomic E-state index is -0.760. The Hall–Kier alpha value is -1.06. The highest BCUT2D eigenvalue weighted by molar-refractivity contribution is 5.99. The standard InChI is InChI=1S/C15H26N2O2/c1-5-10(2)12-13(18)16-15(3,4)14(19)17(12)11-8-6-7-9-11/h10-12H,5-9H2,1-4H3,(H,16,18). The summed E-state index contributed by atoms with van der Waals surface area (Å²) in [5, 5.41) is 2.89. The molecule has 19 heavy (non-hydrogen) atoms. The van der Waals surface area contributed by atoms with E-state index in [9.17, 15) is 9.59 Å². The SMILES string of the molecule is CCC(C)C1C(=O)NC(C)(C)C(=O)N1C1CCCC1. The molecule has 2 amide bonds. The van der Waals surface area contributed by atoms with Gasteiger partial charge in [-0.3, -0.25) is 9.59 Å². The van der Waals surface area contributed by atoms with Crippen LogP contribution < -0.4 is 5.32 Å². The normalized spacial score (nSPS) is 29.5. The molecular weight excluding hydrogens is 240 g/mol. The maximum atomic E-state index is 12.7. The van der Waals surface area contributed by atoms with Crippen LogP contribution in [0.25, 0.3) is 0 Å². The molecule has 2 fully saturated rings. The highest BCUT2D eigenvalue weighted by Crippen LogP contribution is 2.32. The summed E-state index contributed by atoms with van der Waals surface area (Å²) in [6, 6.07) is -0.0227. The van der Waals surface area contributed by atoms with Crippen molar-refractivity contribution in [2.75, 3.05) is 0 Å². The lowest BCUT2D eigenvalue weighted by Gasteiger charge is -2.47. The zero-order valence-electron chi connectivity index (χ0n) is 12.5. The molecule has 1 aliphatic heterocycles. The van der Waals surface area contributed by atoms with Gasteiger partial charge in [0.15, 0.2) is 0 Å². The molecule has 1 heterocycles. The Morgan fingerprint density at radius 1 is 1.32 bits per heavy atom. The van der Waals surface area contributed by atoms with Crippen molar-refractivity contribution in [2.24, 2.45) is 5.92 Å². The molecule has 2 rings (SSSR count). The number of carbonyl (C=O) groups is 2. The average molecular weight is 266 g/mol. The smallest absolute Gasteiger partial charge is 0.248 e. The Balaban J connectivity index is 2.33. The van der Waals surface area contributed by atoms with Crippen LogP contribution in [0.2, 0.25) is 0 Å². The summed E-state index contributed by atoms with van der Waals surface area (Å²) in [6.07, 6.45) is 5.34. The summed E-state index contributed by atoms with van der Waals surface area (Å²) in [5.74, 6) is 0.316. The Morgan fingerprint density at radius 3 is 2.42 bits per heavy atom. The van der Waals surface area contributed by atoms with Crippen molar-refractivity contribution in [3.8, 4) is 0 Å². The molecule has 108 valence electrons. The molecule has 1 saturated carbocycles. The fourth-order valence-electron chi connectivity index (χ4n) is 3.34. The second-order valence-corrected chi connectivity index (χ2v) is 6.60. The number of nitrogens with one attached hydrogen (secondary N) is 1. The molecule has 2 unspecified atom stereocenters. The van der Waals surface area contributed by atoms with E-state index in [4.69, 9.17) is 0 Å². The lowest BCUT2D eigenvalue weighted by atomic mass is 9.87. The lowest BCUT2D eigenvalue weighted by molar-refractivity contribution is -0.158. The molecule has 4 nitrogen and oxygen atoms in total. The van der Waals surface area contributed by atoms with Crippen molar-refractivity contribution in [3.63, 3.8) is 0 Å². The molecule has 0 aromatic rings. The van der Waals surface area contributed by atoms with E-state index in [0.717, 1.165) is 19.3 Å². The first-order chi connectivity index (χ1) is 8.88. The monoisotopic (exact) mass is 266 g/mol. The molecule has 0 aromatic heterocycles. The minimum absolute atomic E-state index is 0.0193. The third-order valence-corrected chi connectivity index (χ3v) is 4.67. The third-order valence-electron chi connectivity index (χ3n) is 4.67. The second-order valence-electron chi connectivity index (χ2n) is 6.60. The first-order valence-corrected chi connectivity index (χ1v) is 7.53. The second kappa shape index (κ2) is 5.14. The van der Waals surface area contributed by atoms with E-state index in [1.54, 1.807) is 0 Å². The quantitative estimate of drug-likeness (QED) is 0.850. The molecule has 1 saturated heterocycles. The van der Waals surface area contributed by atoms with E-state index < -0.39 is 5.54 Å². The molecule has 4 heteroatoms. The first kappa shape index (κ1) is 14.4.